The molecular formula is C72H121O11P. The number of esters is 3. The van der Waals surface area contributed by atoms with Gasteiger partial charge < -0.3 is 24.2 Å². The summed E-state index contributed by atoms with van der Waals surface area (Å²) in [6.45, 7) is 4.45. The molecule has 0 amide bonds. The van der Waals surface area contributed by atoms with Gasteiger partial charge >= 0.3 is 25.7 Å². The van der Waals surface area contributed by atoms with Crippen molar-refractivity contribution in [2.24, 2.45) is 0 Å². The van der Waals surface area contributed by atoms with E-state index in [0.717, 1.165) is 135 Å². The maximum atomic E-state index is 13.0. The first kappa shape index (κ1) is 79.9. The van der Waals surface area contributed by atoms with Crippen LogP contribution in [0.5, 0.6) is 0 Å². The molecule has 0 aromatic rings. The number of hydrogen-bond acceptors (Lipinski definition) is 10. The maximum absolute atomic E-state index is 13.0. The standard InChI is InChI=1S/C72H121O11P/c1-4-7-10-13-16-19-22-25-28-31-34-37-40-43-46-49-52-55-58-61-70(74)79-65-69(83-72(76)63-60-57-54-51-48-45-42-39-36-33-30-27-24-21-18-15-12-9-6-3)67-81-84(77,78)80-66-68(64-73)82-71(75)62-59-56-53-50-47-44-41-38-35-32-29-26-23-20-17-14-11-8-5-2/h9,12,16-21,25-30,35-36,38-39,45,48,68-69,73H,4-8,10-11,13-15,22-24,31-34,37,40-44,46-47,49-67H2,1-3H3,(H,77,78)/b12-9-,19-16-,20-17-,21-18-,28-25-,29-26-,30-27-,38-35-,39-36-,48-45-. The molecule has 0 fully saturated rings. The van der Waals surface area contributed by atoms with Crippen LogP contribution in [-0.2, 0) is 42.2 Å². The summed E-state index contributed by atoms with van der Waals surface area (Å²) in [7, 11) is -4.78. The lowest BCUT2D eigenvalue weighted by atomic mass is 10.1. The number of ether oxygens (including phenoxy) is 3. The number of rotatable bonds is 61. The fraction of sp³-hybridized carbons (Fsp3) is 0.681. The zero-order valence-electron chi connectivity index (χ0n) is 53.3. The minimum Gasteiger partial charge on any atom is -0.462 e. The molecule has 0 spiro atoms. The van der Waals surface area contributed by atoms with E-state index in [4.69, 9.17) is 23.3 Å². The van der Waals surface area contributed by atoms with Crippen molar-refractivity contribution < 1.29 is 52.2 Å². The van der Waals surface area contributed by atoms with Crippen molar-refractivity contribution in [2.45, 2.75) is 290 Å². The summed E-state index contributed by atoms with van der Waals surface area (Å²) in [6, 6.07) is 0. The molecule has 0 heterocycles. The number of unbranched alkanes of at least 4 members (excludes halogenated alkanes) is 24. The van der Waals surface area contributed by atoms with Crippen molar-refractivity contribution in [2.75, 3.05) is 26.4 Å². The first-order valence-electron chi connectivity index (χ1n) is 33.4. The second-order valence-corrected chi connectivity index (χ2v) is 23.3. The molecule has 11 nitrogen and oxygen atoms in total. The lowest BCUT2D eigenvalue weighted by molar-refractivity contribution is -0.161. The highest BCUT2D eigenvalue weighted by Gasteiger charge is 2.28. The molecule has 0 radical (unpaired) electrons. The first-order chi connectivity index (χ1) is 41.2. The minimum atomic E-state index is -4.78. The van der Waals surface area contributed by atoms with Crippen LogP contribution in [0.4, 0.5) is 0 Å². The number of carbonyl (C=O) groups is 3. The Hall–Kier alpha value is -4.12. The summed E-state index contributed by atoms with van der Waals surface area (Å²) in [6.07, 6.45) is 81.4. The second kappa shape index (κ2) is 64.9. The van der Waals surface area contributed by atoms with Gasteiger partial charge in [-0.2, -0.15) is 0 Å². The van der Waals surface area contributed by atoms with Gasteiger partial charge in [-0.25, -0.2) is 4.57 Å². The Bertz CT molecular complexity index is 1870. The van der Waals surface area contributed by atoms with Crippen molar-refractivity contribution in [3.63, 3.8) is 0 Å². The summed E-state index contributed by atoms with van der Waals surface area (Å²) in [5, 5.41) is 9.87. The van der Waals surface area contributed by atoms with Crippen molar-refractivity contribution in [3.8, 4) is 0 Å². The Morgan fingerprint density at radius 2 is 0.619 bits per heavy atom. The maximum Gasteiger partial charge on any atom is 0.472 e. The van der Waals surface area contributed by atoms with Gasteiger partial charge in [-0.15, -0.1) is 0 Å². The smallest absolute Gasteiger partial charge is 0.462 e. The number of aliphatic hydroxyl groups excluding tert-OH is 1. The van der Waals surface area contributed by atoms with Crippen LogP contribution < -0.4 is 0 Å². The second-order valence-electron chi connectivity index (χ2n) is 21.9. The molecule has 0 aromatic heterocycles. The predicted octanol–water partition coefficient (Wildman–Crippen LogP) is 20.7. The van der Waals surface area contributed by atoms with E-state index in [1.54, 1.807) is 0 Å². The van der Waals surface area contributed by atoms with Gasteiger partial charge in [0.2, 0.25) is 0 Å². The van der Waals surface area contributed by atoms with Crippen LogP contribution in [0.15, 0.2) is 122 Å². The highest BCUT2D eigenvalue weighted by molar-refractivity contribution is 7.47. The zero-order chi connectivity index (χ0) is 61.2. The van der Waals surface area contributed by atoms with Crippen molar-refractivity contribution in [1.29, 1.82) is 0 Å². The van der Waals surface area contributed by atoms with Crippen LogP contribution in [-0.4, -0.2) is 66.5 Å². The van der Waals surface area contributed by atoms with Gasteiger partial charge in [0.25, 0.3) is 0 Å². The average molecular weight is 1190 g/mol. The van der Waals surface area contributed by atoms with Gasteiger partial charge in [0.05, 0.1) is 19.8 Å². The Kier molecular flexibility index (Phi) is 61.7. The van der Waals surface area contributed by atoms with E-state index < -0.39 is 57.8 Å². The van der Waals surface area contributed by atoms with Gasteiger partial charge in [0.15, 0.2) is 6.10 Å². The topological polar surface area (TPSA) is 155 Å². The molecule has 480 valence electrons. The summed E-state index contributed by atoms with van der Waals surface area (Å²) < 4.78 is 39.7. The van der Waals surface area contributed by atoms with Crippen LogP contribution >= 0.6 is 7.82 Å². The molecule has 0 aliphatic heterocycles. The molecule has 84 heavy (non-hydrogen) atoms. The van der Waals surface area contributed by atoms with Crippen molar-refractivity contribution >= 4 is 25.7 Å². The molecule has 0 aromatic carbocycles. The Morgan fingerprint density at radius 1 is 0.345 bits per heavy atom. The van der Waals surface area contributed by atoms with Crippen LogP contribution in [0.1, 0.15) is 278 Å². The molecule has 0 saturated carbocycles. The molecule has 3 unspecified atom stereocenters. The summed E-state index contributed by atoms with van der Waals surface area (Å²) in [5.74, 6) is -1.52. The Morgan fingerprint density at radius 3 is 0.964 bits per heavy atom. The van der Waals surface area contributed by atoms with Gasteiger partial charge in [0.1, 0.15) is 12.7 Å². The van der Waals surface area contributed by atoms with E-state index in [1.165, 1.54) is 83.5 Å². The Labute approximate surface area is 513 Å². The molecule has 2 N–H and O–H groups in total. The molecule has 0 saturated heterocycles. The lowest BCUT2D eigenvalue weighted by Gasteiger charge is -2.21. The van der Waals surface area contributed by atoms with Gasteiger partial charge in [0, 0.05) is 19.3 Å². The summed E-state index contributed by atoms with van der Waals surface area (Å²) >= 11 is 0. The molecule has 3 atom stereocenters. The van der Waals surface area contributed by atoms with Crippen LogP contribution in [0.2, 0.25) is 0 Å². The molecule has 0 bridgehead atoms. The van der Waals surface area contributed by atoms with E-state index in [9.17, 15) is 28.9 Å². The Balaban J connectivity index is 4.77. The summed E-state index contributed by atoms with van der Waals surface area (Å²) in [5.41, 5.74) is 0. The lowest BCUT2D eigenvalue weighted by Crippen LogP contribution is -2.30. The molecule has 0 aliphatic carbocycles. The largest absolute Gasteiger partial charge is 0.472 e. The molecule has 12 heteroatoms. The van der Waals surface area contributed by atoms with Gasteiger partial charge in [-0.05, 0) is 135 Å². The normalized spacial score (nSPS) is 14.0. The quantitative estimate of drug-likeness (QED) is 0.0197. The number of carbonyl (C=O) groups excluding carboxylic acids is 3. The monoisotopic (exact) mass is 1190 g/mol. The fourth-order valence-corrected chi connectivity index (χ4v) is 9.56. The fourth-order valence-electron chi connectivity index (χ4n) is 8.77. The number of phosphoric acid groups is 1. The molecular weight excluding hydrogens is 1070 g/mol. The highest BCUT2D eigenvalue weighted by Crippen LogP contribution is 2.43. The molecule has 0 rings (SSSR count). The zero-order valence-corrected chi connectivity index (χ0v) is 54.2. The minimum absolute atomic E-state index is 0.121. The van der Waals surface area contributed by atoms with E-state index in [2.05, 4.69) is 142 Å². The third-order valence-corrected chi connectivity index (χ3v) is 14.8. The van der Waals surface area contributed by atoms with Crippen LogP contribution in [0.25, 0.3) is 0 Å². The summed E-state index contributed by atoms with van der Waals surface area (Å²) in [4.78, 5) is 48.9. The highest BCUT2D eigenvalue weighted by atomic mass is 31.2. The third-order valence-electron chi connectivity index (χ3n) is 13.8. The SMILES string of the molecule is CC/C=C\C/C=C\C/C=C\C/C=C\C/C=C\CCCCCC(=O)OC(COC(=O)CCCCCCCCCCC/C=C\C/C=C\CCCCC)COP(=O)(O)OCC(CO)OC(=O)CCCCCCCC/C=C\C/C=C\C/C=C\CCCCC. The van der Waals surface area contributed by atoms with E-state index in [1.807, 2.05) is 0 Å². The number of allylic oxidation sites excluding steroid dienone is 20. The number of hydrogen-bond donors (Lipinski definition) is 2. The van der Waals surface area contributed by atoms with Crippen molar-refractivity contribution in [1.82, 2.24) is 0 Å². The average Bonchev–Trinajstić information content (AvgIpc) is 3.53. The van der Waals surface area contributed by atoms with Gasteiger partial charge in [-0.3, -0.25) is 23.4 Å². The van der Waals surface area contributed by atoms with E-state index in [-0.39, 0.29) is 25.9 Å². The first-order valence-corrected chi connectivity index (χ1v) is 34.9. The van der Waals surface area contributed by atoms with Crippen LogP contribution in [0.3, 0.4) is 0 Å². The van der Waals surface area contributed by atoms with Crippen molar-refractivity contribution in [3.05, 3.63) is 122 Å². The van der Waals surface area contributed by atoms with Crippen LogP contribution in [0, 0.1) is 0 Å². The van der Waals surface area contributed by atoms with E-state index in [0.29, 0.717) is 19.3 Å². The van der Waals surface area contributed by atoms with Gasteiger partial charge in [-0.1, -0.05) is 245 Å². The predicted molar refractivity (Wildman–Crippen MR) is 353 cm³/mol. The molecule has 0 aliphatic rings. The number of phosphoric ester groups is 1. The number of aliphatic hydroxyl groups is 1. The van der Waals surface area contributed by atoms with E-state index >= 15 is 0 Å². The third kappa shape index (κ3) is 62.4.